The van der Waals surface area contributed by atoms with Crippen LogP contribution in [0.15, 0.2) is 126 Å². The molecule has 0 fully saturated rings. The van der Waals surface area contributed by atoms with Crippen molar-refractivity contribution in [1.82, 2.24) is 19.6 Å². The molecule has 8 nitrogen and oxygen atoms in total. The number of methoxy groups -OCH3 is 2. The van der Waals surface area contributed by atoms with Crippen molar-refractivity contribution in [3.8, 4) is 28.4 Å². The summed E-state index contributed by atoms with van der Waals surface area (Å²) >= 11 is 0. The molecule has 2 heterocycles. The van der Waals surface area contributed by atoms with Crippen molar-refractivity contribution in [3.63, 3.8) is 0 Å². The van der Waals surface area contributed by atoms with E-state index in [2.05, 4.69) is 5.43 Å². The summed E-state index contributed by atoms with van der Waals surface area (Å²) in [6, 6.07) is 32.7. The summed E-state index contributed by atoms with van der Waals surface area (Å²) in [5.74, 6) is 1.12. The first-order valence-electron chi connectivity index (χ1n) is 13.0. The molecule has 0 saturated heterocycles. The lowest BCUT2D eigenvalue weighted by atomic mass is 10.0. The molecule has 1 N–H and O–H groups in total. The number of sulfonamides is 1. The molecule has 1 unspecified atom stereocenters. The minimum absolute atomic E-state index is 0.177. The topological polar surface area (TPSA) is 85.7 Å². The first-order chi connectivity index (χ1) is 20.0. The molecule has 0 aliphatic carbocycles. The maximum absolute atomic E-state index is 14.1. The summed E-state index contributed by atoms with van der Waals surface area (Å²) in [5.41, 5.74) is 7.69. The van der Waals surface area contributed by atoms with Crippen molar-refractivity contribution in [2.75, 3.05) is 14.2 Å². The molecule has 4 aromatic carbocycles. The molecule has 1 aromatic heterocycles. The lowest BCUT2D eigenvalue weighted by Gasteiger charge is -2.24. The summed E-state index contributed by atoms with van der Waals surface area (Å²) < 4.78 is 42.2. The minimum atomic E-state index is -3.98. The maximum atomic E-state index is 14.1. The average molecular weight is 565 g/mol. The first kappa shape index (κ1) is 26.4. The summed E-state index contributed by atoms with van der Waals surface area (Å²) in [7, 11) is -0.842. The van der Waals surface area contributed by atoms with E-state index >= 15 is 0 Å². The van der Waals surface area contributed by atoms with Gasteiger partial charge in [0.2, 0.25) is 0 Å². The number of nitrogens with zero attached hydrogens (tertiary/aromatic N) is 3. The Morgan fingerprint density at radius 1 is 0.756 bits per heavy atom. The Morgan fingerprint density at radius 3 is 2.05 bits per heavy atom. The average Bonchev–Trinajstić information content (AvgIpc) is 3.68. The third kappa shape index (κ3) is 4.97. The van der Waals surface area contributed by atoms with Crippen molar-refractivity contribution in [1.29, 1.82) is 0 Å². The van der Waals surface area contributed by atoms with Crippen molar-refractivity contribution < 1.29 is 17.9 Å². The zero-order valence-corrected chi connectivity index (χ0v) is 23.3. The molecule has 0 saturated carbocycles. The molecule has 6 rings (SSSR count). The molecular formula is C32H28N4O4S. The van der Waals surface area contributed by atoms with Crippen LogP contribution in [0.5, 0.6) is 11.5 Å². The quantitative estimate of drug-likeness (QED) is 0.255. The van der Waals surface area contributed by atoms with E-state index in [1.807, 2.05) is 85.1 Å². The van der Waals surface area contributed by atoms with E-state index in [1.165, 1.54) is 4.41 Å². The number of benzene rings is 4. The summed E-state index contributed by atoms with van der Waals surface area (Å²) in [6.45, 7) is 0. The molecule has 1 atom stereocenters. The van der Waals surface area contributed by atoms with E-state index in [4.69, 9.17) is 14.6 Å². The van der Waals surface area contributed by atoms with Gasteiger partial charge in [-0.15, -0.1) is 4.41 Å². The summed E-state index contributed by atoms with van der Waals surface area (Å²) in [5, 5.41) is 4.93. The molecule has 9 heteroatoms. The number of hydrogen-bond donors (Lipinski definition) is 1. The third-order valence-corrected chi connectivity index (χ3v) is 8.64. The highest BCUT2D eigenvalue weighted by Crippen LogP contribution is 2.41. The maximum Gasteiger partial charge on any atom is 0.260 e. The van der Waals surface area contributed by atoms with Crippen LogP contribution < -0.4 is 14.9 Å². The second-order valence-corrected chi connectivity index (χ2v) is 11.2. The van der Waals surface area contributed by atoms with Crippen molar-refractivity contribution in [2.45, 2.75) is 10.9 Å². The molecular weight excluding hydrogens is 536 g/mol. The fraction of sp³-hybridized carbons (Fsp3) is 0.0938. The van der Waals surface area contributed by atoms with E-state index in [0.717, 1.165) is 22.4 Å². The highest BCUT2D eigenvalue weighted by atomic mass is 32.2. The standard InChI is InChI=1S/C32H28N4O4S/c1-39-30-19-18-24(20-31(30)40-2)28-21-29(36(33-28)41(37,38)26-16-10-5-11-17-26)27-22-35(25-14-8-4-9-15-25)34-32(27)23-12-6-3-7-13-23/h3-22,29,33H,1-2H3. The number of para-hydroxylation sites is 1. The highest BCUT2D eigenvalue weighted by molar-refractivity contribution is 7.89. The first-order valence-corrected chi connectivity index (χ1v) is 14.4. The van der Waals surface area contributed by atoms with Gasteiger partial charge in [0.15, 0.2) is 11.5 Å². The minimum Gasteiger partial charge on any atom is -0.493 e. The van der Waals surface area contributed by atoms with Crippen LogP contribution in [0.2, 0.25) is 0 Å². The Hall–Kier alpha value is -4.86. The number of rotatable bonds is 8. The van der Waals surface area contributed by atoms with Crippen LogP contribution in [0.4, 0.5) is 0 Å². The molecule has 0 spiro atoms. The van der Waals surface area contributed by atoms with Crippen LogP contribution in [-0.4, -0.2) is 36.8 Å². The fourth-order valence-electron chi connectivity index (χ4n) is 4.88. The lowest BCUT2D eigenvalue weighted by Crippen LogP contribution is -2.39. The van der Waals surface area contributed by atoms with Gasteiger partial charge in [-0.25, -0.2) is 13.1 Å². The van der Waals surface area contributed by atoms with Crippen LogP contribution in [0.3, 0.4) is 0 Å². The Kier molecular flexibility index (Phi) is 7.05. The predicted molar refractivity (Wildman–Crippen MR) is 158 cm³/mol. The van der Waals surface area contributed by atoms with Gasteiger partial charge in [-0.1, -0.05) is 66.7 Å². The largest absolute Gasteiger partial charge is 0.493 e. The van der Waals surface area contributed by atoms with E-state index in [1.54, 1.807) is 55.3 Å². The highest BCUT2D eigenvalue weighted by Gasteiger charge is 2.39. The monoisotopic (exact) mass is 564 g/mol. The van der Waals surface area contributed by atoms with Crippen LogP contribution >= 0.6 is 0 Å². The zero-order chi connectivity index (χ0) is 28.4. The van der Waals surface area contributed by atoms with Gasteiger partial charge in [0.1, 0.15) is 0 Å². The van der Waals surface area contributed by atoms with Gasteiger partial charge in [0.25, 0.3) is 10.0 Å². The predicted octanol–water partition coefficient (Wildman–Crippen LogP) is 5.85. The second kappa shape index (κ2) is 11.0. The van der Waals surface area contributed by atoms with Gasteiger partial charge < -0.3 is 14.9 Å². The van der Waals surface area contributed by atoms with E-state index in [9.17, 15) is 8.42 Å². The molecule has 0 amide bonds. The number of ether oxygens (including phenoxy) is 2. The Bertz CT molecular complexity index is 1810. The van der Waals surface area contributed by atoms with Gasteiger partial charge in [-0.05, 0) is 48.5 Å². The zero-order valence-electron chi connectivity index (χ0n) is 22.5. The van der Waals surface area contributed by atoms with Gasteiger partial charge in [-0.2, -0.15) is 5.10 Å². The molecule has 41 heavy (non-hydrogen) atoms. The van der Waals surface area contributed by atoms with Gasteiger partial charge >= 0.3 is 0 Å². The third-order valence-electron chi connectivity index (χ3n) is 6.93. The van der Waals surface area contributed by atoms with Crippen molar-refractivity contribution in [3.05, 3.63) is 133 Å². The number of nitrogens with one attached hydrogen (secondary N) is 1. The van der Waals surface area contributed by atoms with Gasteiger partial charge in [-0.3, -0.25) is 0 Å². The van der Waals surface area contributed by atoms with Crippen LogP contribution in [0, 0.1) is 0 Å². The van der Waals surface area contributed by atoms with Gasteiger partial charge in [0, 0.05) is 22.9 Å². The molecule has 1 aliphatic heterocycles. The van der Waals surface area contributed by atoms with E-state index in [-0.39, 0.29) is 4.90 Å². The second-order valence-electron chi connectivity index (χ2n) is 9.40. The van der Waals surface area contributed by atoms with Crippen LogP contribution in [0.1, 0.15) is 17.2 Å². The Morgan fingerprint density at radius 2 is 1.39 bits per heavy atom. The van der Waals surface area contributed by atoms with Gasteiger partial charge in [0.05, 0.1) is 42.2 Å². The molecule has 1 aliphatic rings. The van der Waals surface area contributed by atoms with Crippen molar-refractivity contribution >= 4 is 15.7 Å². The summed E-state index contributed by atoms with van der Waals surface area (Å²) in [6.07, 6.45) is 3.80. The Balaban J connectivity index is 1.54. The SMILES string of the molecule is COc1ccc(C2=CC(c3cn(-c4ccccc4)nc3-c3ccccc3)N(S(=O)(=O)c3ccccc3)N2)cc1OC. The molecule has 5 aromatic rings. The van der Waals surface area contributed by atoms with E-state index in [0.29, 0.717) is 22.9 Å². The normalized spacial score (nSPS) is 15.3. The Labute approximate surface area is 239 Å². The molecule has 0 radical (unpaired) electrons. The van der Waals surface area contributed by atoms with Crippen molar-refractivity contribution in [2.24, 2.45) is 0 Å². The lowest BCUT2D eigenvalue weighted by molar-refractivity contribution is 0.347. The molecule has 0 bridgehead atoms. The number of hydrazine groups is 1. The number of aromatic nitrogens is 2. The van der Waals surface area contributed by atoms with Crippen LogP contribution in [0.25, 0.3) is 22.6 Å². The molecule has 206 valence electrons. The fourth-order valence-corrected chi connectivity index (χ4v) is 6.30. The summed E-state index contributed by atoms with van der Waals surface area (Å²) in [4.78, 5) is 0.177. The van der Waals surface area contributed by atoms with E-state index < -0.39 is 16.1 Å². The smallest absolute Gasteiger partial charge is 0.260 e. The van der Waals surface area contributed by atoms with Crippen LogP contribution in [-0.2, 0) is 10.0 Å². The number of hydrogen-bond acceptors (Lipinski definition) is 6.